The zero-order valence-electron chi connectivity index (χ0n) is 27.3. The zero-order valence-corrected chi connectivity index (χ0v) is 28.9. The van der Waals surface area contributed by atoms with Gasteiger partial charge in [0.25, 0.3) is 0 Å². The van der Waals surface area contributed by atoms with Crippen LogP contribution in [0.4, 0.5) is 29.3 Å². The van der Waals surface area contributed by atoms with Crippen LogP contribution < -0.4 is 11.1 Å². The van der Waals surface area contributed by atoms with Gasteiger partial charge in [0.1, 0.15) is 22.4 Å². The summed E-state index contributed by atoms with van der Waals surface area (Å²) < 4.78 is 79.0. The number of nitrogens with one attached hydrogen (secondary N) is 1. The summed E-state index contributed by atoms with van der Waals surface area (Å²) in [7, 11) is -3.86. The largest absolute Gasteiger partial charge is 0.393 e. The summed E-state index contributed by atoms with van der Waals surface area (Å²) in [6.45, 7) is 8.50. The number of sulfonamides is 1. The van der Waals surface area contributed by atoms with Crippen LogP contribution in [0.15, 0.2) is 24.3 Å². The molecular weight excluding hydrogens is 683 g/mol. The third kappa shape index (κ3) is 7.78. The molecule has 17 heteroatoms. The number of nitrogens with zero attached hydrogens (tertiary/aromatic N) is 7. The molecule has 1 atom stereocenters. The van der Waals surface area contributed by atoms with E-state index in [4.69, 9.17) is 5.73 Å². The highest BCUT2D eigenvalue weighted by Gasteiger charge is 2.31. The van der Waals surface area contributed by atoms with E-state index < -0.39 is 28.6 Å². The molecule has 2 aliphatic rings. The summed E-state index contributed by atoms with van der Waals surface area (Å²) in [5.74, 6) is 0.484. The van der Waals surface area contributed by atoms with Crippen molar-refractivity contribution in [3.63, 3.8) is 0 Å². The number of nitriles is 1. The van der Waals surface area contributed by atoms with Crippen LogP contribution in [0.25, 0.3) is 21.1 Å². The van der Waals surface area contributed by atoms with Crippen molar-refractivity contribution in [3.8, 4) is 6.07 Å². The van der Waals surface area contributed by atoms with Crippen LogP contribution in [-0.2, 0) is 29.5 Å². The molecule has 0 amide bonds. The van der Waals surface area contributed by atoms with Crippen LogP contribution in [0.5, 0.6) is 0 Å². The van der Waals surface area contributed by atoms with Crippen molar-refractivity contribution < 1.29 is 26.0 Å². The molecule has 0 aliphatic carbocycles. The molecule has 264 valence electrons. The van der Waals surface area contributed by atoms with Crippen molar-refractivity contribution in [2.75, 3.05) is 56.3 Å². The Morgan fingerprint density at radius 1 is 1.10 bits per heavy atom. The lowest BCUT2D eigenvalue weighted by atomic mass is 10.0. The summed E-state index contributed by atoms with van der Waals surface area (Å²) in [6.07, 6.45) is -3.70. The topological polar surface area (TPSA) is 136 Å². The number of likely N-dealkylation sites (tertiary alicyclic amines) is 1. The number of nitrogen functional groups attached to an aromatic ring is 1. The number of hydrogen-bond acceptors (Lipinski definition) is 10. The molecule has 0 spiro atoms. The maximum Gasteiger partial charge on any atom is 0.393 e. The number of thiophene rings is 1. The van der Waals surface area contributed by atoms with Gasteiger partial charge < -0.3 is 15.6 Å². The molecular formula is C32H39F4N9O2S2. The molecule has 2 fully saturated rings. The Morgan fingerprint density at radius 3 is 2.47 bits per heavy atom. The van der Waals surface area contributed by atoms with Crippen LogP contribution in [0.1, 0.15) is 41.5 Å². The van der Waals surface area contributed by atoms with E-state index in [-0.39, 0.29) is 36.0 Å². The lowest BCUT2D eigenvalue weighted by Gasteiger charge is -2.37. The van der Waals surface area contributed by atoms with Gasteiger partial charge in [0.2, 0.25) is 22.0 Å². The zero-order chi connectivity index (χ0) is 35.1. The summed E-state index contributed by atoms with van der Waals surface area (Å²) >= 11 is 0.981. The summed E-state index contributed by atoms with van der Waals surface area (Å²) in [6, 6.07) is 8.66. The number of nitrogens with two attached hydrogens (primary N) is 1. The highest BCUT2D eigenvalue weighted by atomic mass is 32.2. The fraction of sp³-hybridized carbons (Fsp3) is 0.531. The first-order chi connectivity index (χ1) is 23.2. The molecule has 0 saturated carbocycles. The average molecular weight is 722 g/mol. The minimum Gasteiger partial charge on any atom is -0.368 e. The molecule has 3 aromatic heterocycles. The molecule has 1 aromatic carbocycles. The van der Waals surface area contributed by atoms with E-state index in [9.17, 15) is 31.2 Å². The molecule has 2 saturated heterocycles. The first-order valence-electron chi connectivity index (χ1n) is 16.2. The molecule has 2 aliphatic heterocycles. The van der Waals surface area contributed by atoms with Crippen LogP contribution in [0.3, 0.4) is 0 Å². The van der Waals surface area contributed by atoms with E-state index in [1.165, 1.54) is 15.9 Å². The van der Waals surface area contributed by atoms with Crippen molar-refractivity contribution in [3.05, 3.63) is 46.0 Å². The van der Waals surface area contributed by atoms with E-state index in [2.05, 4.69) is 57.1 Å². The Morgan fingerprint density at radius 2 is 1.82 bits per heavy atom. The van der Waals surface area contributed by atoms with Gasteiger partial charge in [-0.2, -0.15) is 27.7 Å². The summed E-state index contributed by atoms with van der Waals surface area (Å²) in [5.41, 5.74) is 9.69. The number of anilines is 2. The first-order valence-corrected chi connectivity index (χ1v) is 18.6. The number of aromatic nitrogens is 3. The van der Waals surface area contributed by atoms with E-state index >= 15 is 0 Å². The number of aryl methyl sites for hydroxylation is 1. The van der Waals surface area contributed by atoms with E-state index in [1.807, 2.05) is 10.6 Å². The molecule has 0 bridgehead atoms. The predicted octanol–water partition coefficient (Wildman–Crippen LogP) is 4.85. The SMILES string of the molecule is Cc1c(CN2CCC(Nc3nc(N)nc4sc(CC(F)(F)F)cc34)CC2)ccc2c1cc(C#N)n2C[C@H](C)N1CCN(S(=O)(=O)CF)CC1. The minimum atomic E-state index is -4.31. The average Bonchev–Trinajstić information content (AvgIpc) is 3.63. The van der Waals surface area contributed by atoms with E-state index in [0.29, 0.717) is 41.4 Å². The number of rotatable bonds is 10. The van der Waals surface area contributed by atoms with E-state index in [1.54, 1.807) is 0 Å². The Balaban J connectivity index is 1.09. The van der Waals surface area contributed by atoms with Crippen molar-refractivity contribution in [1.82, 2.24) is 28.6 Å². The fourth-order valence-corrected chi connectivity index (χ4v) is 8.83. The van der Waals surface area contributed by atoms with E-state index in [0.717, 1.165) is 60.3 Å². The molecule has 0 radical (unpaired) electrons. The van der Waals surface area contributed by atoms with Gasteiger partial charge in [-0.05, 0) is 56.0 Å². The van der Waals surface area contributed by atoms with Crippen LogP contribution in [0.2, 0.25) is 0 Å². The van der Waals surface area contributed by atoms with Crippen molar-refractivity contribution >= 4 is 54.2 Å². The number of alkyl halides is 4. The third-order valence-electron chi connectivity index (χ3n) is 9.61. The molecule has 49 heavy (non-hydrogen) atoms. The van der Waals surface area contributed by atoms with Gasteiger partial charge >= 0.3 is 6.18 Å². The smallest absolute Gasteiger partial charge is 0.368 e. The Hall–Kier alpha value is -3.56. The minimum absolute atomic E-state index is 0.0205. The standard InChI is InChI=1S/C32H39F4N9O2S2/c1-20(43-9-11-44(12-10-43)49(46,47)19-33)17-45-24(16-37)13-26-21(2)22(3-4-28(26)45)18-42-7-5-23(6-8-42)39-29-27-14-25(15-32(34,35)36)48-30(27)41-31(38)40-29/h3-4,13-14,20,23H,5-12,15,17-19H2,1-2H3,(H3,38,39,40,41)/t20-/m0/s1. The Bertz CT molecular complexity index is 1970. The molecule has 3 N–H and O–H groups in total. The van der Waals surface area contributed by atoms with Gasteiger partial charge in [0.05, 0.1) is 11.8 Å². The fourth-order valence-electron chi connectivity index (χ4n) is 6.91. The Kier molecular flexibility index (Phi) is 10.1. The number of halogens is 4. The molecule has 6 rings (SSSR count). The van der Waals surface area contributed by atoms with Gasteiger partial charge in [-0.1, -0.05) is 6.07 Å². The monoisotopic (exact) mass is 721 g/mol. The van der Waals surface area contributed by atoms with Crippen LogP contribution in [0, 0.1) is 18.3 Å². The second kappa shape index (κ2) is 14.0. The number of piperazine rings is 1. The number of benzene rings is 1. The van der Waals surface area contributed by atoms with Crippen molar-refractivity contribution in [2.24, 2.45) is 0 Å². The predicted molar refractivity (Wildman–Crippen MR) is 182 cm³/mol. The highest BCUT2D eigenvalue weighted by molar-refractivity contribution is 7.88. The van der Waals surface area contributed by atoms with Crippen LogP contribution in [-0.4, -0.2) is 101 Å². The normalized spacial score (nSPS) is 18.3. The number of fused-ring (bicyclic) bond motifs is 2. The molecule has 5 heterocycles. The van der Waals surface area contributed by atoms with Crippen molar-refractivity contribution in [1.29, 1.82) is 5.26 Å². The van der Waals surface area contributed by atoms with Crippen molar-refractivity contribution in [2.45, 2.75) is 64.5 Å². The third-order valence-corrected chi connectivity index (χ3v) is 12.1. The lowest BCUT2D eigenvalue weighted by molar-refractivity contribution is -0.126. The maximum atomic E-state index is 13.0. The highest BCUT2D eigenvalue weighted by Crippen LogP contribution is 2.34. The second-order valence-electron chi connectivity index (χ2n) is 12.9. The van der Waals surface area contributed by atoms with Gasteiger partial charge in [0, 0.05) is 80.2 Å². The van der Waals surface area contributed by atoms with Gasteiger partial charge in [-0.3, -0.25) is 9.80 Å². The van der Waals surface area contributed by atoms with Gasteiger partial charge in [0.15, 0.2) is 0 Å². The Labute approximate surface area is 286 Å². The second-order valence-corrected chi connectivity index (χ2v) is 15.9. The molecule has 4 aromatic rings. The molecule has 11 nitrogen and oxygen atoms in total. The maximum absolute atomic E-state index is 13.0. The summed E-state index contributed by atoms with van der Waals surface area (Å²) in [5, 5.41) is 15.0. The lowest BCUT2D eigenvalue weighted by Crippen LogP contribution is -2.52. The summed E-state index contributed by atoms with van der Waals surface area (Å²) in [4.78, 5) is 13.6. The first kappa shape index (κ1) is 35.3. The van der Waals surface area contributed by atoms with Gasteiger partial charge in [-0.25, -0.2) is 17.8 Å². The van der Waals surface area contributed by atoms with Crippen LogP contribution >= 0.6 is 11.3 Å². The van der Waals surface area contributed by atoms with Gasteiger partial charge in [-0.15, -0.1) is 11.3 Å². The number of hydrogen-bond donors (Lipinski definition) is 2. The molecule has 0 unspecified atom stereocenters. The quantitative estimate of drug-likeness (QED) is 0.220. The number of piperidine rings is 1.